The van der Waals surface area contributed by atoms with Crippen molar-refractivity contribution in [2.45, 2.75) is 71.1 Å². The molecule has 0 aliphatic heterocycles. The van der Waals surface area contributed by atoms with E-state index in [1.165, 1.54) is 25.7 Å². The van der Waals surface area contributed by atoms with Crippen LogP contribution in [0.4, 0.5) is 5.69 Å². The van der Waals surface area contributed by atoms with E-state index in [4.69, 9.17) is 10.8 Å². The van der Waals surface area contributed by atoms with Gasteiger partial charge < -0.3 is 10.8 Å². The van der Waals surface area contributed by atoms with Crippen LogP contribution < -0.4 is 5.73 Å². The molecule has 4 heteroatoms. The zero-order chi connectivity index (χ0) is 17.1. The average molecular weight is 319 g/mol. The third-order valence-corrected chi connectivity index (χ3v) is 4.06. The SMILES string of the molecule is CCCCCCCc1ccc(C(=O)CCCCC(=O)O)cc1N. The van der Waals surface area contributed by atoms with E-state index in [0.29, 0.717) is 30.5 Å². The van der Waals surface area contributed by atoms with Gasteiger partial charge in [-0.15, -0.1) is 0 Å². The lowest BCUT2D eigenvalue weighted by molar-refractivity contribution is -0.137. The van der Waals surface area contributed by atoms with E-state index in [1.54, 1.807) is 6.07 Å². The highest BCUT2D eigenvalue weighted by atomic mass is 16.4. The predicted molar refractivity (Wildman–Crippen MR) is 93.8 cm³/mol. The van der Waals surface area contributed by atoms with Crippen molar-refractivity contribution in [1.29, 1.82) is 0 Å². The largest absolute Gasteiger partial charge is 0.481 e. The number of nitrogen functional groups attached to an aromatic ring is 1. The van der Waals surface area contributed by atoms with E-state index in [1.807, 2.05) is 12.1 Å². The molecule has 0 saturated heterocycles. The third kappa shape index (κ3) is 7.82. The molecule has 23 heavy (non-hydrogen) atoms. The zero-order valence-corrected chi connectivity index (χ0v) is 14.1. The van der Waals surface area contributed by atoms with E-state index in [0.717, 1.165) is 18.4 Å². The molecule has 0 unspecified atom stereocenters. The summed E-state index contributed by atoms with van der Waals surface area (Å²) >= 11 is 0. The number of carbonyl (C=O) groups excluding carboxylic acids is 1. The van der Waals surface area contributed by atoms with Gasteiger partial charge in [0.05, 0.1) is 0 Å². The van der Waals surface area contributed by atoms with Gasteiger partial charge in [0.15, 0.2) is 5.78 Å². The Bertz CT molecular complexity index is 511. The number of hydrogen-bond acceptors (Lipinski definition) is 3. The van der Waals surface area contributed by atoms with E-state index in [2.05, 4.69) is 6.92 Å². The molecule has 1 rings (SSSR count). The Morgan fingerprint density at radius 2 is 1.70 bits per heavy atom. The van der Waals surface area contributed by atoms with Crippen LogP contribution in [0, 0.1) is 0 Å². The molecule has 4 nitrogen and oxygen atoms in total. The van der Waals surface area contributed by atoms with Crippen LogP contribution in [0.15, 0.2) is 18.2 Å². The summed E-state index contributed by atoms with van der Waals surface area (Å²) in [5.74, 6) is -0.776. The van der Waals surface area contributed by atoms with Gasteiger partial charge in [0, 0.05) is 24.1 Å². The van der Waals surface area contributed by atoms with E-state index in [9.17, 15) is 9.59 Å². The second-order valence-electron chi connectivity index (χ2n) is 6.10. The quantitative estimate of drug-likeness (QED) is 0.335. The standard InChI is InChI=1S/C19H29NO3/c1-2-3-4-5-6-9-15-12-13-16(14-17(15)20)18(21)10-7-8-11-19(22)23/h12-14H,2-11,20H2,1H3,(H,22,23). The van der Waals surface area contributed by atoms with E-state index in [-0.39, 0.29) is 12.2 Å². The Morgan fingerprint density at radius 1 is 1.00 bits per heavy atom. The first-order valence-electron chi connectivity index (χ1n) is 8.68. The Hall–Kier alpha value is -1.84. The van der Waals surface area contributed by atoms with Crippen molar-refractivity contribution in [2.75, 3.05) is 5.73 Å². The van der Waals surface area contributed by atoms with Gasteiger partial charge in [0.1, 0.15) is 0 Å². The number of aryl methyl sites for hydroxylation is 1. The average Bonchev–Trinajstić information content (AvgIpc) is 2.52. The minimum Gasteiger partial charge on any atom is -0.481 e. The smallest absolute Gasteiger partial charge is 0.303 e. The topological polar surface area (TPSA) is 80.4 Å². The molecule has 1 aromatic rings. The Labute approximate surface area is 139 Å². The van der Waals surface area contributed by atoms with Crippen LogP contribution >= 0.6 is 0 Å². The maximum atomic E-state index is 12.1. The molecular formula is C19H29NO3. The number of rotatable bonds is 12. The third-order valence-electron chi connectivity index (χ3n) is 4.06. The number of unbranched alkanes of at least 4 members (excludes halogenated alkanes) is 5. The summed E-state index contributed by atoms with van der Waals surface area (Å²) in [4.78, 5) is 22.5. The first-order valence-corrected chi connectivity index (χ1v) is 8.68. The molecule has 0 fully saturated rings. The van der Waals surface area contributed by atoms with Crippen molar-refractivity contribution in [3.63, 3.8) is 0 Å². The van der Waals surface area contributed by atoms with Crippen molar-refractivity contribution >= 4 is 17.4 Å². The molecule has 0 heterocycles. The highest BCUT2D eigenvalue weighted by Gasteiger charge is 2.09. The molecule has 0 atom stereocenters. The molecule has 0 saturated carbocycles. The van der Waals surface area contributed by atoms with Crippen LogP contribution in [0.3, 0.4) is 0 Å². The molecule has 1 aromatic carbocycles. The lowest BCUT2D eigenvalue weighted by Gasteiger charge is -2.08. The van der Waals surface area contributed by atoms with Gasteiger partial charge in [-0.1, -0.05) is 44.7 Å². The maximum absolute atomic E-state index is 12.1. The summed E-state index contributed by atoms with van der Waals surface area (Å²) < 4.78 is 0. The number of anilines is 1. The molecule has 0 bridgehead atoms. The summed E-state index contributed by atoms with van der Waals surface area (Å²) in [7, 11) is 0. The van der Waals surface area contributed by atoms with E-state index >= 15 is 0 Å². The number of aliphatic carboxylic acids is 1. The fourth-order valence-corrected chi connectivity index (χ4v) is 2.62. The number of carboxylic acid groups (broad SMARTS) is 1. The second kappa shape index (κ2) is 10.8. The van der Waals surface area contributed by atoms with Gasteiger partial charge in [-0.2, -0.15) is 0 Å². The van der Waals surface area contributed by atoms with Crippen LogP contribution in [0.1, 0.15) is 80.6 Å². The summed E-state index contributed by atoms with van der Waals surface area (Å²) in [5, 5.41) is 8.58. The summed E-state index contributed by atoms with van der Waals surface area (Å²) in [6.07, 6.45) is 8.73. The Kier molecular flexibility index (Phi) is 9.03. The number of ketones is 1. The predicted octanol–water partition coefficient (Wildman–Crippen LogP) is 4.61. The van der Waals surface area contributed by atoms with Gasteiger partial charge in [-0.3, -0.25) is 9.59 Å². The summed E-state index contributed by atoms with van der Waals surface area (Å²) in [6.45, 7) is 2.20. The van der Waals surface area contributed by atoms with Crippen molar-refractivity contribution in [3.05, 3.63) is 29.3 Å². The minimum atomic E-state index is -0.815. The van der Waals surface area contributed by atoms with Crippen LogP contribution in [0.2, 0.25) is 0 Å². The highest BCUT2D eigenvalue weighted by Crippen LogP contribution is 2.19. The summed E-state index contributed by atoms with van der Waals surface area (Å²) in [6, 6.07) is 5.57. The van der Waals surface area contributed by atoms with Crippen LogP contribution in [0.5, 0.6) is 0 Å². The number of nitrogens with two attached hydrogens (primary N) is 1. The van der Waals surface area contributed by atoms with Crippen LogP contribution in [-0.4, -0.2) is 16.9 Å². The van der Waals surface area contributed by atoms with Gasteiger partial charge in [-0.05, 0) is 37.3 Å². The molecule has 0 spiro atoms. The number of carbonyl (C=O) groups is 2. The lowest BCUT2D eigenvalue weighted by atomic mass is 9.99. The van der Waals surface area contributed by atoms with Crippen molar-refractivity contribution in [1.82, 2.24) is 0 Å². The first kappa shape index (κ1) is 19.2. The van der Waals surface area contributed by atoms with Gasteiger partial charge in [-0.25, -0.2) is 0 Å². The fourth-order valence-electron chi connectivity index (χ4n) is 2.62. The van der Waals surface area contributed by atoms with Crippen molar-refractivity contribution in [2.24, 2.45) is 0 Å². The van der Waals surface area contributed by atoms with Crippen LogP contribution in [0.25, 0.3) is 0 Å². The lowest BCUT2D eigenvalue weighted by Crippen LogP contribution is -2.03. The Morgan fingerprint density at radius 3 is 2.35 bits per heavy atom. The normalized spacial score (nSPS) is 10.7. The molecule has 128 valence electrons. The number of carboxylic acids is 1. The number of hydrogen-bond donors (Lipinski definition) is 2. The number of Topliss-reactive ketones (excluding diaryl/α,β-unsaturated/α-hetero) is 1. The van der Waals surface area contributed by atoms with Crippen molar-refractivity contribution < 1.29 is 14.7 Å². The Balaban J connectivity index is 2.42. The molecule has 0 aliphatic carbocycles. The zero-order valence-electron chi connectivity index (χ0n) is 14.1. The highest BCUT2D eigenvalue weighted by molar-refractivity contribution is 5.97. The second-order valence-corrected chi connectivity index (χ2v) is 6.10. The van der Waals surface area contributed by atoms with E-state index < -0.39 is 5.97 Å². The molecule has 0 aromatic heterocycles. The molecule has 0 radical (unpaired) electrons. The molecule has 0 amide bonds. The number of benzene rings is 1. The minimum absolute atomic E-state index is 0.0385. The van der Waals surface area contributed by atoms with Crippen LogP contribution in [-0.2, 0) is 11.2 Å². The molecule has 0 aliphatic rings. The fraction of sp³-hybridized carbons (Fsp3) is 0.579. The molecular weight excluding hydrogens is 290 g/mol. The van der Waals surface area contributed by atoms with Gasteiger partial charge in [0.25, 0.3) is 0 Å². The molecule has 3 N–H and O–H groups in total. The first-order chi connectivity index (χ1) is 11.0. The monoisotopic (exact) mass is 319 g/mol. The summed E-state index contributed by atoms with van der Waals surface area (Å²) in [5.41, 5.74) is 8.50. The maximum Gasteiger partial charge on any atom is 0.303 e. The van der Waals surface area contributed by atoms with Crippen molar-refractivity contribution in [3.8, 4) is 0 Å². The van der Waals surface area contributed by atoms with Gasteiger partial charge >= 0.3 is 5.97 Å². The van der Waals surface area contributed by atoms with Gasteiger partial charge in [0.2, 0.25) is 0 Å².